The first-order valence-electron chi connectivity index (χ1n) is 11.6. The Labute approximate surface area is 205 Å². The van der Waals surface area contributed by atoms with Crippen molar-refractivity contribution < 1.29 is 23.0 Å². The summed E-state index contributed by atoms with van der Waals surface area (Å²) < 4.78 is 40.7. The summed E-state index contributed by atoms with van der Waals surface area (Å²) in [5, 5.41) is 8.16. The lowest BCUT2D eigenvalue weighted by molar-refractivity contribution is 0.0381. The van der Waals surface area contributed by atoms with E-state index in [9.17, 15) is 13.6 Å². The summed E-state index contributed by atoms with van der Waals surface area (Å²) in [5.74, 6) is -1.31. The van der Waals surface area contributed by atoms with Gasteiger partial charge in [0.2, 0.25) is 6.35 Å². The molecule has 1 amide bonds. The molecule has 2 aliphatic heterocycles. The van der Waals surface area contributed by atoms with E-state index in [-0.39, 0.29) is 11.9 Å². The number of benzene rings is 2. The van der Waals surface area contributed by atoms with Crippen molar-refractivity contribution in [2.45, 2.75) is 25.9 Å². The monoisotopic (exact) mass is 491 g/mol. The van der Waals surface area contributed by atoms with Crippen LogP contribution in [-0.2, 0) is 11.3 Å². The summed E-state index contributed by atoms with van der Waals surface area (Å²) in [7, 11) is 1.61. The van der Waals surface area contributed by atoms with E-state index >= 15 is 0 Å². The minimum Gasteiger partial charge on any atom is -0.497 e. The van der Waals surface area contributed by atoms with Crippen LogP contribution in [0.15, 0.2) is 48.5 Å². The Morgan fingerprint density at radius 1 is 1.14 bits per heavy atom. The molecule has 2 aliphatic rings. The van der Waals surface area contributed by atoms with Gasteiger partial charge in [-0.25, -0.2) is 18.4 Å². The molecular formula is C26H23F2N5O3. The largest absolute Gasteiger partial charge is 0.497 e. The molecule has 0 spiro atoms. The Kier molecular flexibility index (Phi) is 5.42. The van der Waals surface area contributed by atoms with E-state index in [2.05, 4.69) is 10.4 Å². The second-order valence-corrected chi connectivity index (χ2v) is 8.84. The van der Waals surface area contributed by atoms with Gasteiger partial charge in [0.05, 0.1) is 42.2 Å². The van der Waals surface area contributed by atoms with Gasteiger partial charge >= 0.3 is 0 Å². The van der Waals surface area contributed by atoms with Crippen molar-refractivity contribution in [3.05, 3.63) is 77.0 Å². The molecule has 0 bridgehead atoms. The zero-order chi connectivity index (χ0) is 25.0. The van der Waals surface area contributed by atoms with Crippen LogP contribution in [0.1, 0.15) is 40.9 Å². The van der Waals surface area contributed by atoms with E-state index in [4.69, 9.17) is 14.5 Å². The maximum atomic E-state index is 14.2. The number of pyridine rings is 1. The number of nitrogens with zero attached hydrogens (tertiary/aromatic N) is 4. The Bertz CT molecular complexity index is 1480. The van der Waals surface area contributed by atoms with E-state index in [0.29, 0.717) is 53.2 Å². The smallest absolute Gasteiger partial charge is 0.256 e. The van der Waals surface area contributed by atoms with Crippen LogP contribution in [0.3, 0.4) is 0 Å². The van der Waals surface area contributed by atoms with Crippen molar-refractivity contribution in [2.75, 3.05) is 20.3 Å². The second kappa shape index (κ2) is 8.65. The van der Waals surface area contributed by atoms with Crippen LogP contribution in [0.25, 0.3) is 22.3 Å². The number of hydrogen-bond acceptors (Lipinski definition) is 6. The third-order valence-electron chi connectivity index (χ3n) is 6.70. The van der Waals surface area contributed by atoms with Gasteiger partial charge in [-0.05, 0) is 42.8 Å². The highest BCUT2D eigenvalue weighted by molar-refractivity contribution is 5.99. The number of fused-ring (bicyclic) bond motifs is 2. The normalized spacial score (nSPS) is 19.3. The Morgan fingerprint density at radius 2 is 1.92 bits per heavy atom. The van der Waals surface area contributed by atoms with Crippen molar-refractivity contribution in [1.29, 1.82) is 0 Å². The van der Waals surface area contributed by atoms with Crippen LogP contribution in [0.4, 0.5) is 8.78 Å². The fourth-order valence-electron chi connectivity index (χ4n) is 4.79. The fourth-order valence-corrected chi connectivity index (χ4v) is 4.79. The van der Waals surface area contributed by atoms with E-state index in [0.717, 1.165) is 23.4 Å². The molecule has 8 nitrogen and oxygen atoms in total. The molecule has 1 fully saturated rings. The lowest BCUT2D eigenvalue weighted by Crippen LogP contribution is -2.26. The lowest BCUT2D eigenvalue weighted by Gasteiger charge is -2.21. The van der Waals surface area contributed by atoms with E-state index in [1.54, 1.807) is 24.1 Å². The number of carbonyl (C=O) groups is 1. The SMILES string of the molecule is COc1ccc(CN2C(=O)c3ccc(-c4nn(C5NCCO5)c5cc(F)c(F)cc45)nc3C2C)cc1. The van der Waals surface area contributed by atoms with Gasteiger partial charge in [0.1, 0.15) is 11.4 Å². The Hall–Kier alpha value is -3.89. The van der Waals surface area contributed by atoms with Crippen LogP contribution in [0.2, 0.25) is 0 Å². The van der Waals surface area contributed by atoms with Gasteiger partial charge in [0.25, 0.3) is 5.91 Å². The summed E-state index contributed by atoms with van der Waals surface area (Å²) in [6.07, 6.45) is -0.596. The minimum absolute atomic E-state index is 0.112. The van der Waals surface area contributed by atoms with E-state index < -0.39 is 18.0 Å². The maximum absolute atomic E-state index is 14.2. The van der Waals surface area contributed by atoms with E-state index in [1.807, 2.05) is 31.2 Å². The zero-order valence-electron chi connectivity index (χ0n) is 19.7. The Morgan fingerprint density at radius 3 is 2.64 bits per heavy atom. The van der Waals surface area contributed by atoms with Crippen molar-refractivity contribution >= 4 is 16.8 Å². The highest BCUT2D eigenvalue weighted by atomic mass is 19.2. The van der Waals surface area contributed by atoms with Gasteiger partial charge in [-0.3, -0.25) is 10.1 Å². The summed E-state index contributed by atoms with van der Waals surface area (Å²) in [6, 6.07) is 12.9. The number of carbonyl (C=O) groups excluding carboxylic acids is 1. The molecule has 36 heavy (non-hydrogen) atoms. The standard InChI is InChI=1S/C26H23F2N5O3/c1-14-23-17(25(34)32(14)13-15-3-5-16(35-2)6-4-15)7-8-21(30-23)24-18-11-19(27)20(28)12-22(18)33(31-24)26-29-9-10-36-26/h3-8,11-12,14,26,29H,9-10,13H2,1-2H3. The lowest BCUT2D eigenvalue weighted by atomic mass is 10.1. The van der Waals surface area contributed by atoms with Crippen molar-refractivity contribution in [3.63, 3.8) is 0 Å². The molecule has 6 rings (SSSR count). The van der Waals surface area contributed by atoms with Gasteiger partial charge in [-0.15, -0.1) is 0 Å². The van der Waals surface area contributed by atoms with Crippen LogP contribution in [0, 0.1) is 11.6 Å². The third-order valence-corrected chi connectivity index (χ3v) is 6.70. The molecule has 4 aromatic rings. The maximum Gasteiger partial charge on any atom is 0.256 e. The summed E-state index contributed by atoms with van der Waals surface area (Å²) in [6.45, 7) is 3.44. The van der Waals surface area contributed by atoms with E-state index in [1.165, 1.54) is 4.68 Å². The second-order valence-electron chi connectivity index (χ2n) is 8.84. The minimum atomic E-state index is -0.973. The molecule has 4 heterocycles. The van der Waals surface area contributed by atoms with Crippen LogP contribution in [-0.4, -0.2) is 45.8 Å². The van der Waals surface area contributed by atoms with Gasteiger partial charge in [-0.1, -0.05) is 12.1 Å². The summed E-state index contributed by atoms with van der Waals surface area (Å²) in [5.41, 5.74) is 3.34. The molecule has 2 aromatic heterocycles. The first-order valence-corrected chi connectivity index (χ1v) is 11.6. The number of aromatic nitrogens is 3. The molecule has 10 heteroatoms. The predicted molar refractivity (Wildman–Crippen MR) is 127 cm³/mol. The quantitative estimate of drug-likeness (QED) is 0.451. The summed E-state index contributed by atoms with van der Waals surface area (Å²) in [4.78, 5) is 19.7. The first kappa shape index (κ1) is 22.6. The average molecular weight is 491 g/mol. The van der Waals surface area contributed by atoms with Crippen LogP contribution >= 0.6 is 0 Å². The highest BCUT2D eigenvalue weighted by Gasteiger charge is 2.36. The summed E-state index contributed by atoms with van der Waals surface area (Å²) >= 11 is 0. The number of hydrogen-bond donors (Lipinski definition) is 1. The number of methoxy groups -OCH3 is 1. The zero-order valence-corrected chi connectivity index (χ0v) is 19.7. The first-order chi connectivity index (χ1) is 17.4. The topological polar surface area (TPSA) is 81.5 Å². The number of amides is 1. The van der Waals surface area contributed by atoms with Crippen molar-refractivity contribution in [3.8, 4) is 17.1 Å². The number of ether oxygens (including phenoxy) is 2. The average Bonchev–Trinajstić information content (AvgIpc) is 3.60. The van der Waals surface area contributed by atoms with Gasteiger partial charge in [-0.2, -0.15) is 5.10 Å². The molecule has 184 valence electrons. The fraction of sp³-hybridized carbons (Fsp3) is 0.269. The van der Waals surface area contributed by atoms with Crippen LogP contribution in [0.5, 0.6) is 5.75 Å². The molecule has 2 atom stereocenters. The molecule has 0 saturated carbocycles. The molecule has 0 radical (unpaired) electrons. The molecule has 1 N–H and O–H groups in total. The van der Waals surface area contributed by atoms with Crippen molar-refractivity contribution in [1.82, 2.24) is 25.0 Å². The molecular weight excluding hydrogens is 468 g/mol. The third kappa shape index (κ3) is 3.61. The number of halogens is 2. The van der Waals surface area contributed by atoms with Gasteiger partial charge < -0.3 is 14.4 Å². The number of rotatable bonds is 5. The molecule has 0 aliphatic carbocycles. The predicted octanol–water partition coefficient (Wildman–Crippen LogP) is 4.18. The molecule has 1 saturated heterocycles. The molecule has 2 aromatic carbocycles. The Balaban J connectivity index is 1.38. The molecule has 2 unspecified atom stereocenters. The van der Waals surface area contributed by atoms with Gasteiger partial charge in [0, 0.05) is 24.5 Å². The van der Waals surface area contributed by atoms with Crippen LogP contribution < -0.4 is 10.1 Å². The highest BCUT2D eigenvalue weighted by Crippen LogP contribution is 2.37. The van der Waals surface area contributed by atoms with Crippen molar-refractivity contribution in [2.24, 2.45) is 0 Å². The number of nitrogens with one attached hydrogen (secondary N) is 1. The van der Waals surface area contributed by atoms with Gasteiger partial charge in [0.15, 0.2) is 11.6 Å².